The quantitative estimate of drug-likeness (QED) is 0.940. The minimum atomic E-state index is -3.46. The van der Waals surface area contributed by atoms with Crippen molar-refractivity contribution in [2.45, 2.75) is 10.6 Å². The van der Waals surface area contributed by atoms with E-state index in [0.29, 0.717) is 16.5 Å². The van der Waals surface area contributed by atoms with Crippen molar-refractivity contribution >= 4 is 27.0 Å². The van der Waals surface area contributed by atoms with E-state index in [0.717, 1.165) is 17.7 Å². The van der Waals surface area contributed by atoms with Crippen LogP contribution in [-0.4, -0.2) is 15.0 Å². The molecule has 0 saturated heterocycles. The van der Waals surface area contributed by atoms with Crippen LogP contribution in [0.3, 0.4) is 0 Å². The maximum Gasteiger partial charge on any atom is 0.271 e. The van der Waals surface area contributed by atoms with Gasteiger partial charge in [0.05, 0.1) is 6.61 Å². The van der Waals surface area contributed by atoms with Crippen LogP contribution in [0.5, 0.6) is 5.75 Å². The van der Waals surface area contributed by atoms with Crippen molar-refractivity contribution in [2.75, 3.05) is 11.3 Å². The molecular weight excluding hydrogens is 270 g/mol. The lowest BCUT2D eigenvalue weighted by molar-refractivity contribution is 0.357. The van der Waals surface area contributed by atoms with E-state index in [1.54, 1.807) is 29.6 Å². The minimum absolute atomic E-state index is 0.319. The molecule has 0 amide bonds. The summed E-state index contributed by atoms with van der Waals surface area (Å²) in [6, 6.07) is 8.65. The summed E-state index contributed by atoms with van der Waals surface area (Å²) in [7, 11) is -3.46. The number of hydrogen-bond donors (Lipinski definition) is 1. The molecule has 0 bridgehead atoms. The summed E-state index contributed by atoms with van der Waals surface area (Å²) in [6.07, 6.45) is 0.823. The molecule has 0 unspecified atom stereocenters. The highest BCUT2D eigenvalue weighted by Gasteiger charge is 2.17. The standard InChI is InChI=1S/C12H11NO3S2/c14-18(15,12-2-1-7-17-12)13-10-3-4-11-9(8-10)5-6-16-11/h1-4,7-8,13H,5-6H2. The smallest absolute Gasteiger partial charge is 0.271 e. The molecule has 6 heteroatoms. The molecule has 2 aromatic rings. The topological polar surface area (TPSA) is 55.4 Å². The van der Waals surface area contributed by atoms with Crippen LogP contribution in [0.4, 0.5) is 5.69 Å². The highest BCUT2D eigenvalue weighted by Crippen LogP contribution is 2.29. The average Bonchev–Trinajstić information content (AvgIpc) is 2.99. The second-order valence-corrected chi connectivity index (χ2v) is 6.82. The first kappa shape index (κ1) is 11.6. The summed E-state index contributed by atoms with van der Waals surface area (Å²) in [6.45, 7) is 0.663. The first-order valence-electron chi connectivity index (χ1n) is 5.47. The van der Waals surface area contributed by atoms with Crippen molar-refractivity contribution in [3.05, 3.63) is 41.3 Å². The lowest BCUT2D eigenvalue weighted by Crippen LogP contribution is -2.11. The largest absolute Gasteiger partial charge is 0.493 e. The van der Waals surface area contributed by atoms with Crippen molar-refractivity contribution in [1.29, 1.82) is 0 Å². The van der Waals surface area contributed by atoms with Gasteiger partial charge >= 0.3 is 0 Å². The number of ether oxygens (including phenoxy) is 1. The van der Waals surface area contributed by atoms with Gasteiger partial charge in [0.2, 0.25) is 0 Å². The number of benzene rings is 1. The molecule has 0 saturated carbocycles. The molecule has 4 nitrogen and oxygen atoms in total. The highest BCUT2D eigenvalue weighted by atomic mass is 32.2. The molecule has 94 valence electrons. The minimum Gasteiger partial charge on any atom is -0.493 e. The molecule has 0 aliphatic carbocycles. The zero-order chi connectivity index (χ0) is 12.6. The first-order valence-corrected chi connectivity index (χ1v) is 7.83. The van der Waals surface area contributed by atoms with Gasteiger partial charge in [-0.1, -0.05) is 6.07 Å². The second-order valence-electron chi connectivity index (χ2n) is 3.96. The number of nitrogens with one attached hydrogen (secondary N) is 1. The number of rotatable bonds is 3. The SMILES string of the molecule is O=S(=O)(Nc1ccc2c(c1)CCO2)c1cccs1. The van der Waals surface area contributed by atoms with Crippen LogP contribution in [0.15, 0.2) is 39.9 Å². The summed E-state index contributed by atoms with van der Waals surface area (Å²) < 4.78 is 32.3. The number of thiophene rings is 1. The number of anilines is 1. The number of sulfonamides is 1. The third-order valence-corrected chi connectivity index (χ3v) is 5.48. The third kappa shape index (κ3) is 2.09. The Bertz CT molecular complexity index is 663. The van der Waals surface area contributed by atoms with Gasteiger partial charge < -0.3 is 4.74 Å². The fraction of sp³-hybridized carbons (Fsp3) is 0.167. The summed E-state index contributed by atoms with van der Waals surface area (Å²) in [5, 5.41) is 1.74. The van der Waals surface area contributed by atoms with E-state index in [1.165, 1.54) is 11.3 Å². The van der Waals surface area contributed by atoms with Gasteiger partial charge in [0.15, 0.2) is 0 Å². The Balaban J connectivity index is 1.89. The van der Waals surface area contributed by atoms with E-state index in [9.17, 15) is 8.42 Å². The fourth-order valence-corrected chi connectivity index (χ4v) is 3.91. The van der Waals surface area contributed by atoms with Gasteiger partial charge in [0, 0.05) is 12.1 Å². The van der Waals surface area contributed by atoms with Gasteiger partial charge in [-0.15, -0.1) is 11.3 Å². The van der Waals surface area contributed by atoms with Gasteiger partial charge in [-0.2, -0.15) is 0 Å². The molecule has 1 aliphatic heterocycles. The fourth-order valence-electron chi connectivity index (χ4n) is 1.87. The van der Waals surface area contributed by atoms with E-state index >= 15 is 0 Å². The summed E-state index contributed by atoms with van der Waals surface area (Å²) in [5.41, 5.74) is 1.62. The molecule has 1 aromatic carbocycles. The zero-order valence-electron chi connectivity index (χ0n) is 9.42. The van der Waals surface area contributed by atoms with E-state index in [2.05, 4.69) is 4.72 Å². The Hall–Kier alpha value is -1.53. The monoisotopic (exact) mass is 281 g/mol. The van der Waals surface area contributed by atoms with Crippen LogP contribution < -0.4 is 9.46 Å². The second kappa shape index (κ2) is 4.29. The van der Waals surface area contributed by atoms with E-state index in [1.807, 2.05) is 6.07 Å². The molecule has 1 N–H and O–H groups in total. The van der Waals surface area contributed by atoms with Crippen LogP contribution in [0.25, 0.3) is 0 Å². The van der Waals surface area contributed by atoms with Crippen molar-refractivity contribution in [2.24, 2.45) is 0 Å². The molecule has 3 rings (SSSR count). The van der Waals surface area contributed by atoms with E-state index in [4.69, 9.17) is 4.74 Å². The van der Waals surface area contributed by atoms with Gasteiger partial charge in [-0.05, 0) is 35.2 Å². The van der Waals surface area contributed by atoms with Crippen LogP contribution >= 0.6 is 11.3 Å². The first-order chi connectivity index (χ1) is 8.65. The predicted molar refractivity (Wildman–Crippen MR) is 70.8 cm³/mol. The van der Waals surface area contributed by atoms with Crippen molar-refractivity contribution in [1.82, 2.24) is 0 Å². The molecule has 0 radical (unpaired) electrons. The molecule has 0 atom stereocenters. The molecule has 0 fully saturated rings. The molecule has 18 heavy (non-hydrogen) atoms. The average molecular weight is 281 g/mol. The summed E-state index contributed by atoms with van der Waals surface area (Å²) in [4.78, 5) is 0. The molecule has 1 aromatic heterocycles. The molecule has 0 spiro atoms. The maximum absolute atomic E-state index is 12.0. The van der Waals surface area contributed by atoms with Gasteiger partial charge in [0.25, 0.3) is 10.0 Å². The van der Waals surface area contributed by atoms with E-state index < -0.39 is 10.0 Å². The number of hydrogen-bond acceptors (Lipinski definition) is 4. The van der Waals surface area contributed by atoms with Gasteiger partial charge in [0.1, 0.15) is 9.96 Å². The summed E-state index contributed by atoms with van der Waals surface area (Å²) in [5.74, 6) is 0.842. The van der Waals surface area contributed by atoms with Crippen LogP contribution in [0.1, 0.15) is 5.56 Å². The Morgan fingerprint density at radius 1 is 1.28 bits per heavy atom. The molecular formula is C12H11NO3S2. The molecule has 2 heterocycles. The lowest BCUT2D eigenvalue weighted by Gasteiger charge is -2.07. The Labute approximate surface area is 109 Å². The Morgan fingerprint density at radius 3 is 2.94 bits per heavy atom. The lowest BCUT2D eigenvalue weighted by atomic mass is 10.1. The van der Waals surface area contributed by atoms with Crippen molar-refractivity contribution in [3.8, 4) is 5.75 Å². The van der Waals surface area contributed by atoms with Gasteiger partial charge in [-0.25, -0.2) is 8.42 Å². The number of fused-ring (bicyclic) bond motifs is 1. The highest BCUT2D eigenvalue weighted by molar-refractivity contribution is 7.94. The van der Waals surface area contributed by atoms with Gasteiger partial charge in [-0.3, -0.25) is 4.72 Å². The third-order valence-electron chi connectivity index (χ3n) is 2.70. The van der Waals surface area contributed by atoms with Crippen LogP contribution in [0.2, 0.25) is 0 Å². The normalized spacial score (nSPS) is 14.0. The molecule has 1 aliphatic rings. The van der Waals surface area contributed by atoms with E-state index in [-0.39, 0.29) is 0 Å². The summed E-state index contributed by atoms with van der Waals surface area (Å²) >= 11 is 1.20. The Morgan fingerprint density at radius 2 is 2.17 bits per heavy atom. The van der Waals surface area contributed by atoms with Crippen molar-refractivity contribution in [3.63, 3.8) is 0 Å². The van der Waals surface area contributed by atoms with Crippen molar-refractivity contribution < 1.29 is 13.2 Å². The van der Waals surface area contributed by atoms with Crippen LogP contribution in [-0.2, 0) is 16.4 Å². The predicted octanol–water partition coefficient (Wildman–Crippen LogP) is 2.48. The zero-order valence-corrected chi connectivity index (χ0v) is 11.1. The maximum atomic E-state index is 12.0. The van der Waals surface area contributed by atoms with Crippen LogP contribution in [0, 0.1) is 0 Å². The Kier molecular flexibility index (Phi) is 2.76.